The van der Waals surface area contributed by atoms with Gasteiger partial charge in [0.1, 0.15) is 0 Å². The van der Waals surface area contributed by atoms with Gasteiger partial charge < -0.3 is 14.2 Å². The average Bonchev–Trinajstić information content (AvgIpc) is 2.44. The minimum atomic E-state index is 0.627. The summed E-state index contributed by atoms with van der Waals surface area (Å²) in [4.78, 5) is 2.31. The molecule has 4 nitrogen and oxygen atoms in total. The van der Waals surface area contributed by atoms with Crippen LogP contribution in [-0.2, 0) is 6.54 Å². The minimum Gasteiger partial charge on any atom is -0.493 e. The number of benzene rings is 1. The summed E-state index contributed by atoms with van der Waals surface area (Å²) in [5.74, 6) is 2.00. The molecule has 112 valence electrons. The van der Waals surface area contributed by atoms with Crippen LogP contribution in [0, 0.1) is 0 Å². The normalized spacial score (nSPS) is 10.5. The molecule has 0 N–H and O–H groups in total. The molecule has 0 fully saturated rings. The fraction of sp³-hybridized carbons (Fsp3) is 0.500. The molecule has 0 saturated heterocycles. The van der Waals surface area contributed by atoms with Crippen LogP contribution in [0.5, 0.6) is 17.2 Å². The van der Waals surface area contributed by atoms with E-state index in [1.54, 1.807) is 21.3 Å². The van der Waals surface area contributed by atoms with Gasteiger partial charge in [-0.2, -0.15) is 0 Å². The molecule has 0 aliphatic heterocycles. The molecule has 0 saturated carbocycles. The summed E-state index contributed by atoms with van der Waals surface area (Å²) in [6, 6.07) is 3.98. The zero-order valence-electron chi connectivity index (χ0n) is 13.2. The van der Waals surface area contributed by atoms with Crippen molar-refractivity contribution in [3.05, 3.63) is 29.8 Å². The first kappa shape index (κ1) is 16.4. The number of ether oxygens (including phenoxy) is 3. The Morgan fingerprint density at radius 3 is 2.00 bits per heavy atom. The smallest absolute Gasteiger partial charge is 0.203 e. The molecule has 0 heterocycles. The van der Waals surface area contributed by atoms with Crippen LogP contribution in [0.2, 0.25) is 0 Å². The van der Waals surface area contributed by atoms with E-state index in [1.165, 1.54) is 0 Å². The predicted octanol–water partition coefficient (Wildman–Crippen LogP) is 3.11. The van der Waals surface area contributed by atoms with E-state index in [2.05, 4.69) is 18.4 Å². The molecule has 1 aromatic carbocycles. The van der Waals surface area contributed by atoms with E-state index in [0.29, 0.717) is 17.2 Å². The number of nitrogens with zero attached hydrogens (tertiary/aromatic N) is 1. The first-order valence-electron chi connectivity index (χ1n) is 6.71. The Kier molecular flexibility index (Phi) is 6.39. The van der Waals surface area contributed by atoms with Crippen molar-refractivity contribution in [1.29, 1.82) is 0 Å². The molecule has 20 heavy (non-hydrogen) atoms. The Balaban J connectivity index is 3.03. The first-order chi connectivity index (χ1) is 9.55. The van der Waals surface area contributed by atoms with Gasteiger partial charge in [-0.05, 0) is 31.2 Å². The van der Waals surface area contributed by atoms with Crippen molar-refractivity contribution in [3.8, 4) is 17.2 Å². The molecule has 0 aliphatic carbocycles. The Morgan fingerprint density at radius 1 is 1.10 bits per heavy atom. The SMILES string of the molecule is C=C(C)CN(CC)Cc1cc(OC)c(OC)c(OC)c1. The average molecular weight is 279 g/mol. The van der Waals surface area contributed by atoms with Crippen molar-refractivity contribution in [2.75, 3.05) is 34.4 Å². The lowest BCUT2D eigenvalue weighted by molar-refractivity contribution is 0.298. The maximum absolute atomic E-state index is 5.37. The standard InChI is InChI=1S/C16H25NO3/c1-7-17(10-12(2)3)11-13-8-14(18-4)16(20-6)15(9-13)19-5/h8-9H,2,7,10-11H2,1,3-6H3. The Bertz CT molecular complexity index is 432. The third-order valence-corrected chi connectivity index (χ3v) is 3.07. The zero-order valence-corrected chi connectivity index (χ0v) is 13.2. The molecule has 0 atom stereocenters. The molecule has 0 aliphatic rings. The van der Waals surface area contributed by atoms with E-state index in [4.69, 9.17) is 14.2 Å². The van der Waals surface area contributed by atoms with E-state index in [9.17, 15) is 0 Å². The molecule has 0 bridgehead atoms. The van der Waals surface area contributed by atoms with E-state index in [0.717, 1.165) is 30.8 Å². The van der Waals surface area contributed by atoms with Crippen LogP contribution >= 0.6 is 0 Å². The number of hydrogen-bond donors (Lipinski definition) is 0. The van der Waals surface area contributed by atoms with E-state index >= 15 is 0 Å². The minimum absolute atomic E-state index is 0.627. The molecular weight excluding hydrogens is 254 g/mol. The summed E-state index contributed by atoms with van der Waals surface area (Å²) in [6.07, 6.45) is 0. The van der Waals surface area contributed by atoms with Gasteiger partial charge in [-0.25, -0.2) is 0 Å². The largest absolute Gasteiger partial charge is 0.493 e. The van der Waals surface area contributed by atoms with Crippen molar-refractivity contribution in [2.45, 2.75) is 20.4 Å². The maximum Gasteiger partial charge on any atom is 0.203 e. The van der Waals surface area contributed by atoms with Gasteiger partial charge in [0.05, 0.1) is 21.3 Å². The van der Waals surface area contributed by atoms with Crippen molar-refractivity contribution >= 4 is 0 Å². The molecule has 0 aromatic heterocycles. The highest BCUT2D eigenvalue weighted by Gasteiger charge is 2.14. The van der Waals surface area contributed by atoms with Crippen LogP contribution in [0.4, 0.5) is 0 Å². The predicted molar refractivity (Wildman–Crippen MR) is 81.9 cm³/mol. The lowest BCUT2D eigenvalue weighted by atomic mass is 10.1. The van der Waals surface area contributed by atoms with E-state index in [-0.39, 0.29) is 0 Å². The fourth-order valence-electron chi connectivity index (χ4n) is 2.15. The second kappa shape index (κ2) is 7.80. The molecule has 1 aromatic rings. The molecule has 0 radical (unpaired) electrons. The molecule has 0 amide bonds. The summed E-state index contributed by atoms with van der Waals surface area (Å²) in [6.45, 7) is 10.8. The molecule has 4 heteroatoms. The lowest BCUT2D eigenvalue weighted by Gasteiger charge is -2.22. The highest BCUT2D eigenvalue weighted by molar-refractivity contribution is 5.53. The van der Waals surface area contributed by atoms with Gasteiger partial charge in [0.2, 0.25) is 5.75 Å². The Hall–Kier alpha value is -1.68. The van der Waals surface area contributed by atoms with Gasteiger partial charge in [-0.1, -0.05) is 19.1 Å². The Morgan fingerprint density at radius 2 is 1.65 bits per heavy atom. The Labute approximate surface area is 121 Å². The van der Waals surface area contributed by atoms with Crippen molar-refractivity contribution < 1.29 is 14.2 Å². The summed E-state index contributed by atoms with van der Waals surface area (Å²) in [5.41, 5.74) is 2.28. The van der Waals surface area contributed by atoms with Crippen molar-refractivity contribution in [1.82, 2.24) is 4.90 Å². The summed E-state index contributed by atoms with van der Waals surface area (Å²) < 4.78 is 16.1. The lowest BCUT2D eigenvalue weighted by Crippen LogP contribution is -2.24. The maximum atomic E-state index is 5.37. The summed E-state index contributed by atoms with van der Waals surface area (Å²) in [7, 11) is 4.87. The highest BCUT2D eigenvalue weighted by Crippen LogP contribution is 2.38. The second-order valence-corrected chi connectivity index (χ2v) is 4.79. The number of hydrogen-bond acceptors (Lipinski definition) is 4. The van der Waals surface area contributed by atoms with Crippen LogP contribution in [0.3, 0.4) is 0 Å². The second-order valence-electron chi connectivity index (χ2n) is 4.79. The monoisotopic (exact) mass is 279 g/mol. The van der Waals surface area contributed by atoms with Crippen LogP contribution < -0.4 is 14.2 Å². The van der Waals surface area contributed by atoms with Crippen LogP contribution in [0.15, 0.2) is 24.3 Å². The van der Waals surface area contributed by atoms with Crippen LogP contribution in [-0.4, -0.2) is 39.3 Å². The number of methoxy groups -OCH3 is 3. The van der Waals surface area contributed by atoms with Gasteiger partial charge in [-0.3, -0.25) is 4.90 Å². The van der Waals surface area contributed by atoms with Crippen LogP contribution in [0.1, 0.15) is 19.4 Å². The van der Waals surface area contributed by atoms with Gasteiger partial charge in [0.15, 0.2) is 11.5 Å². The fourth-order valence-corrected chi connectivity index (χ4v) is 2.15. The van der Waals surface area contributed by atoms with E-state index < -0.39 is 0 Å². The van der Waals surface area contributed by atoms with Crippen molar-refractivity contribution in [2.24, 2.45) is 0 Å². The number of likely N-dealkylation sites (N-methyl/N-ethyl adjacent to an activating group) is 1. The third kappa shape index (κ3) is 4.17. The molecule has 0 unspecified atom stereocenters. The molecule has 0 spiro atoms. The van der Waals surface area contributed by atoms with Gasteiger partial charge >= 0.3 is 0 Å². The summed E-state index contributed by atoms with van der Waals surface area (Å²) >= 11 is 0. The third-order valence-electron chi connectivity index (χ3n) is 3.07. The molecular formula is C16H25NO3. The quantitative estimate of drug-likeness (QED) is 0.684. The van der Waals surface area contributed by atoms with E-state index in [1.807, 2.05) is 19.1 Å². The van der Waals surface area contributed by atoms with Crippen LogP contribution in [0.25, 0.3) is 0 Å². The summed E-state index contributed by atoms with van der Waals surface area (Å²) in [5, 5.41) is 0. The first-order valence-corrected chi connectivity index (χ1v) is 6.71. The van der Waals surface area contributed by atoms with Gasteiger partial charge in [0.25, 0.3) is 0 Å². The number of rotatable bonds is 8. The van der Waals surface area contributed by atoms with Crippen molar-refractivity contribution in [3.63, 3.8) is 0 Å². The molecule has 1 rings (SSSR count). The van der Waals surface area contributed by atoms with Gasteiger partial charge in [-0.15, -0.1) is 0 Å². The topological polar surface area (TPSA) is 30.9 Å². The zero-order chi connectivity index (χ0) is 15.1. The highest BCUT2D eigenvalue weighted by atomic mass is 16.5. The van der Waals surface area contributed by atoms with Gasteiger partial charge in [0, 0.05) is 13.1 Å².